The molecule has 1 aromatic carbocycles. The third-order valence-corrected chi connectivity index (χ3v) is 4.03. The Balaban J connectivity index is 1.94. The minimum absolute atomic E-state index is 0.169. The zero-order valence-electron chi connectivity index (χ0n) is 11.3. The molecule has 0 saturated carbocycles. The molecule has 19 heavy (non-hydrogen) atoms. The van der Waals surface area contributed by atoms with Crippen LogP contribution in [0.15, 0.2) is 24.3 Å². The Morgan fingerprint density at radius 1 is 1.37 bits per heavy atom. The van der Waals surface area contributed by atoms with E-state index in [0.717, 1.165) is 43.8 Å². The first-order chi connectivity index (χ1) is 9.21. The van der Waals surface area contributed by atoms with E-state index in [1.165, 1.54) is 0 Å². The molecule has 0 spiro atoms. The number of amides is 1. The molecular formula is C15H20N2O2. The summed E-state index contributed by atoms with van der Waals surface area (Å²) in [5.74, 6) is 0.984. The monoisotopic (exact) mass is 260 g/mol. The average molecular weight is 260 g/mol. The normalized spacial score (nSPS) is 26.5. The molecule has 0 aliphatic carbocycles. The number of carbonyl (C=O) groups excluding carboxylic acids is 1. The highest BCUT2D eigenvalue weighted by atomic mass is 16.5. The van der Waals surface area contributed by atoms with Crippen LogP contribution >= 0.6 is 0 Å². The largest absolute Gasteiger partial charge is 0.491 e. The van der Waals surface area contributed by atoms with Gasteiger partial charge in [-0.15, -0.1) is 0 Å². The van der Waals surface area contributed by atoms with E-state index in [4.69, 9.17) is 4.74 Å². The van der Waals surface area contributed by atoms with Crippen molar-refractivity contribution in [2.45, 2.75) is 31.7 Å². The molecule has 4 nitrogen and oxygen atoms in total. The second-order valence-corrected chi connectivity index (χ2v) is 5.49. The minimum Gasteiger partial charge on any atom is -0.491 e. The number of para-hydroxylation sites is 2. The number of fused-ring (bicyclic) bond motifs is 1. The van der Waals surface area contributed by atoms with Gasteiger partial charge in [0.15, 0.2) is 0 Å². The number of rotatable bonds is 1. The Hall–Kier alpha value is -1.55. The zero-order chi connectivity index (χ0) is 13.3. The van der Waals surface area contributed by atoms with E-state index in [2.05, 4.69) is 5.32 Å². The molecule has 2 aliphatic rings. The van der Waals surface area contributed by atoms with Crippen molar-refractivity contribution in [3.05, 3.63) is 24.3 Å². The van der Waals surface area contributed by atoms with Crippen molar-refractivity contribution in [2.75, 3.05) is 24.6 Å². The molecule has 0 bridgehead atoms. The highest BCUT2D eigenvalue weighted by molar-refractivity contribution is 6.01. The van der Waals surface area contributed by atoms with Crippen LogP contribution in [-0.2, 0) is 4.79 Å². The van der Waals surface area contributed by atoms with Crippen LogP contribution in [-0.4, -0.2) is 31.1 Å². The lowest BCUT2D eigenvalue weighted by Crippen LogP contribution is -2.53. The number of nitrogens with zero attached hydrogens (tertiary/aromatic N) is 1. The Kier molecular flexibility index (Phi) is 3.19. The van der Waals surface area contributed by atoms with E-state index in [9.17, 15) is 4.79 Å². The lowest BCUT2D eigenvalue weighted by molar-refractivity contribution is -0.123. The summed E-state index contributed by atoms with van der Waals surface area (Å²) < 4.78 is 5.71. The summed E-state index contributed by atoms with van der Waals surface area (Å²) in [6.07, 6.45) is 2.84. The molecule has 1 unspecified atom stereocenters. The van der Waals surface area contributed by atoms with Gasteiger partial charge in [-0.2, -0.15) is 0 Å². The molecule has 3 rings (SSSR count). The summed E-state index contributed by atoms with van der Waals surface area (Å²) in [6.45, 7) is 4.34. The third kappa shape index (κ3) is 2.21. The van der Waals surface area contributed by atoms with Crippen LogP contribution in [0, 0.1) is 0 Å². The van der Waals surface area contributed by atoms with Crippen LogP contribution in [0.4, 0.5) is 5.69 Å². The van der Waals surface area contributed by atoms with Crippen molar-refractivity contribution in [2.24, 2.45) is 0 Å². The minimum atomic E-state index is -0.419. The standard InChI is InChI=1S/C15H20N2O2/c1-15(8-4-9-16-15)14(18)17-10-5-11-19-13-7-3-2-6-12(13)17/h2-3,6-7,16H,4-5,8-11H2,1H3. The first-order valence-electron chi connectivity index (χ1n) is 6.99. The number of hydrogen-bond acceptors (Lipinski definition) is 3. The smallest absolute Gasteiger partial charge is 0.247 e. The van der Waals surface area contributed by atoms with Gasteiger partial charge in [-0.3, -0.25) is 4.79 Å². The Morgan fingerprint density at radius 2 is 2.21 bits per heavy atom. The lowest BCUT2D eigenvalue weighted by Gasteiger charge is -2.31. The second-order valence-electron chi connectivity index (χ2n) is 5.49. The summed E-state index contributed by atoms with van der Waals surface area (Å²) >= 11 is 0. The number of anilines is 1. The fraction of sp³-hybridized carbons (Fsp3) is 0.533. The van der Waals surface area contributed by atoms with Crippen LogP contribution in [0.1, 0.15) is 26.2 Å². The molecule has 1 aromatic rings. The average Bonchev–Trinajstić information content (AvgIpc) is 2.76. The predicted octanol–water partition coefficient (Wildman–Crippen LogP) is 1.94. The third-order valence-electron chi connectivity index (χ3n) is 4.03. The summed E-state index contributed by atoms with van der Waals surface area (Å²) in [6, 6.07) is 7.81. The fourth-order valence-corrected chi connectivity index (χ4v) is 2.91. The Bertz CT molecular complexity index is 481. The van der Waals surface area contributed by atoms with Gasteiger partial charge in [0.25, 0.3) is 0 Å². The van der Waals surface area contributed by atoms with Gasteiger partial charge >= 0.3 is 0 Å². The molecule has 1 N–H and O–H groups in total. The zero-order valence-corrected chi connectivity index (χ0v) is 11.3. The molecule has 0 aromatic heterocycles. The van der Waals surface area contributed by atoms with Crippen molar-refractivity contribution >= 4 is 11.6 Å². The van der Waals surface area contributed by atoms with E-state index in [1.54, 1.807) is 0 Å². The molecular weight excluding hydrogens is 240 g/mol. The predicted molar refractivity (Wildman–Crippen MR) is 74.5 cm³/mol. The van der Waals surface area contributed by atoms with E-state index in [1.807, 2.05) is 36.1 Å². The lowest BCUT2D eigenvalue weighted by atomic mass is 9.98. The highest BCUT2D eigenvalue weighted by Crippen LogP contribution is 2.33. The molecule has 2 heterocycles. The van der Waals surface area contributed by atoms with Crippen LogP contribution in [0.5, 0.6) is 5.75 Å². The Labute approximate surface area is 113 Å². The van der Waals surface area contributed by atoms with Crippen molar-refractivity contribution < 1.29 is 9.53 Å². The SMILES string of the molecule is CC1(C(=O)N2CCCOc3ccccc32)CCCN1. The molecule has 1 amide bonds. The van der Waals surface area contributed by atoms with E-state index >= 15 is 0 Å². The molecule has 4 heteroatoms. The van der Waals surface area contributed by atoms with Crippen LogP contribution < -0.4 is 15.0 Å². The van der Waals surface area contributed by atoms with E-state index < -0.39 is 5.54 Å². The van der Waals surface area contributed by atoms with Gasteiger partial charge < -0.3 is 15.0 Å². The number of hydrogen-bond donors (Lipinski definition) is 1. The summed E-state index contributed by atoms with van der Waals surface area (Å²) in [5, 5.41) is 3.35. The first-order valence-corrected chi connectivity index (χ1v) is 6.99. The van der Waals surface area contributed by atoms with Crippen LogP contribution in [0.3, 0.4) is 0 Å². The maximum absolute atomic E-state index is 12.8. The van der Waals surface area contributed by atoms with Crippen molar-refractivity contribution in [1.29, 1.82) is 0 Å². The van der Waals surface area contributed by atoms with Crippen LogP contribution in [0.25, 0.3) is 0 Å². The molecule has 0 radical (unpaired) electrons. The van der Waals surface area contributed by atoms with Gasteiger partial charge in [0, 0.05) is 6.54 Å². The molecule has 1 saturated heterocycles. The van der Waals surface area contributed by atoms with Gasteiger partial charge in [-0.25, -0.2) is 0 Å². The Morgan fingerprint density at radius 3 is 3.00 bits per heavy atom. The van der Waals surface area contributed by atoms with Gasteiger partial charge in [-0.1, -0.05) is 12.1 Å². The van der Waals surface area contributed by atoms with E-state index in [0.29, 0.717) is 6.61 Å². The van der Waals surface area contributed by atoms with Crippen molar-refractivity contribution in [3.8, 4) is 5.75 Å². The summed E-state index contributed by atoms with van der Waals surface area (Å²) in [4.78, 5) is 14.7. The molecule has 1 fully saturated rings. The van der Waals surface area contributed by atoms with Gasteiger partial charge in [-0.05, 0) is 44.9 Å². The van der Waals surface area contributed by atoms with Gasteiger partial charge in [0.05, 0.1) is 17.8 Å². The summed E-state index contributed by atoms with van der Waals surface area (Å²) in [7, 11) is 0. The number of ether oxygens (including phenoxy) is 1. The quantitative estimate of drug-likeness (QED) is 0.839. The van der Waals surface area contributed by atoms with Crippen LogP contribution in [0.2, 0.25) is 0 Å². The van der Waals surface area contributed by atoms with E-state index in [-0.39, 0.29) is 5.91 Å². The molecule has 102 valence electrons. The van der Waals surface area contributed by atoms with Gasteiger partial charge in [0.1, 0.15) is 5.75 Å². The second kappa shape index (κ2) is 4.85. The maximum atomic E-state index is 12.8. The topological polar surface area (TPSA) is 41.6 Å². The molecule has 2 aliphatic heterocycles. The van der Waals surface area contributed by atoms with Crippen molar-refractivity contribution in [1.82, 2.24) is 5.32 Å². The van der Waals surface area contributed by atoms with Gasteiger partial charge in [0.2, 0.25) is 5.91 Å². The number of nitrogens with one attached hydrogen (secondary N) is 1. The first kappa shape index (κ1) is 12.5. The number of benzene rings is 1. The fourth-order valence-electron chi connectivity index (χ4n) is 2.91. The van der Waals surface area contributed by atoms with Crippen molar-refractivity contribution in [3.63, 3.8) is 0 Å². The summed E-state index contributed by atoms with van der Waals surface area (Å²) in [5.41, 5.74) is 0.484. The molecule has 1 atom stereocenters. The maximum Gasteiger partial charge on any atom is 0.247 e. The number of carbonyl (C=O) groups is 1. The highest BCUT2D eigenvalue weighted by Gasteiger charge is 2.40.